The fraction of sp³-hybridized carbons (Fsp3) is 0.200. The molecule has 0 aliphatic carbocycles. The molecular formula is C40H47N12Na3O16S4. The Kier molecular flexibility index (Phi) is 24.8. The van der Waals surface area contributed by atoms with Gasteiger partial charge in [-0.1, -0.05) is 36.4 Å². The van der Waals surface area contributed by atoms with Crippen LogP contribution in [0.5, 0.6) is 0 Å². The second kappa shape index (κ2) is 28.5. The first kappa shape index (κ1) is 65.2. The molecule has 0 unspecified atom stereocenters. The standard InChI is InChI=1S/C40H44N12O16S4.3Na.3H/c53-17-13-51(14-18-54)39-47-35(41-27-3-1-5-31(21-27)69(57,58)59)45-37(49-39)43-29-11-9-25(33(23-29)71(63,64)65)7-8-26-10-12-30(24-34(26)72(66,67)68)44-38-46-36(48-40(50-38)52(15-19-55)16-20-56)42-28-4-2-6-32(22-28)70(60,61)62;;;;;;/h1-12,21-24,53-56H,13-20H2,(H,57,58,59)(H,60,61,62)(H,63,64,65)(H,66,67,68)(H2,41,43,45,47,49)(H2,42,44,46,48,50);;;;;;/q;3*+1;3*-1. The van der Waals surface area contributed by atoms with E-state index >= 15 is 0 Å². The minimum Gasteiger partial charge on any atom is -1.00 e. The van der Waals surface area contributed by atoms with E-state index in [-0.39, 0.29) is 189 Å². The van der Waals surface area contributed by atoms with Crippen LogP contribution in [0.25, 0.3) is 12.2 Å². The van der Waals surface area contributed by atoms with Gasteiger partial charge in [-0.05, 0) is 71.8 Å². The Balaban J connectivity index is 0.00000988. The van der Waals surface area contributed by atoms with Gasteiger partial charge in [-0.2, -0.15) is 63.6 Å². The van der Waals surface area contributed by atoms with Crippen molar-refractivity contribution in [2.45, 2.75) is 19.6 Å². The molecule has 75 heavy (non-hydrogen) atoms. The van der Waals surface area contributed by atoms with Crippen molar-refractivity contribution in [3.05, 3.63) is 96.1 Å². The van der Waals surface area contributed by atoms with Crippen molar-refractivity contribution in [1.29, 1.82) is 0 Å². The van der Waals surface area contributed by atoms with Crippen LogP contribution in [0.1, 0.15) is 15.4 Å². The molecule has 35 heteroatoms. The molecule has 0 amide bonds. The molecule has 0 bridgehead atoms. The van der Waals surface area contributed by atoms with Crippen molar-refractivity contribution in [3.63, 3.8) is 0 Å². The Labute approximate surface area is 500 Å². The van der Waals surface area contributed by atoms with Crippen LogP contribution in [0, 0.1) is 0 Å². The molecule has 0 fully saturated rings. The smallest absolute Gasteiger partial charge is 1.00 e. The van der Waals surface area contributed by atoms with Gasteiger partial charge < -0.3 is 55.8 Å². The van der Waals surface area contributed by atoms with Crippen LogP contribution in [-0.4, -0.2) is 155 Å². The molecule has 2 aromatic heterocycles. The molecule has 0 saturated heterocycles. The number of aromatic nitrogens is 6. The second-order valence-electron chi connectivity index (χ2n) is 14.7. The molecule has 4 aromatic carbocycles. The summed E-state index contributed by atoms with van der Waals surface area (Å²) in [5, 5.41) is 49.7. The van der Waals surface area contributed by atoms with E-state index < -0.39 is 86.5 Å². The van der Waals surface area contributed by atoms with E-state index in [2.05, 4.69) is 51.2 Å². The third-order valence-electron chi connectivity index (χ3n) is 9.61. The number of nitrogens with zero attached hydrogens (tertiary/aromatic N) is 8. The maximum absolute atomic E-state index is 12.8. The first-order valence-corrected chi connectivity index (χ1v) is 26.3. The van der Waals surface area contributed by atoms with Crippen molar-refractivity contribution in [2.75, 3.05) is 83.7 Å². The SMILES string of the molecule is O=S(=O)(O)c1cccc(Nc2nc(Nc3ccc(C=Cc4ccc(Nc5nc(Nc6cccc(S(=O)(=O)O)c6)nc(N(CCO)CCO)n5)cc4S(=O)(=O)O)c(S(=O)(=O)O)c3)nc(N(CCO)CCO)n2)c1.[H-].[H-].[H-].[Na+].[Na+].[Na+]. The number of anilines is 10. The predicted octanol–water partition coefficient (Wildman–Crippen LogP) is -6.88. The number of hydrogen-bond acceptors (Lipinski definition) is 24. The van der Waals surface area contributed by atoms with Crippen molar-refractivity contribution in [3.8, 4) is 0 Å². The molecule has 28 nitrogen and oxygen atoms in total. The first-order valence-electron chi connectivity index (χ1n) is 20.6. The molecule has 0 saturated carbocycles. The quantitative estimate of drug-likeness (QED) is 0.0152. The third-order valence-corrected chi connectivity index (χ3v) is 13.1. The van der Waals surface area contributed by atoms with E-state index in [9.17, 15) is 72.3 Å². The van der Waals surface area contributed by atoms with Gasteiger partial charge in [0.2, 0.25) is 35.7 Å². The molecule has 0 aliphatic rings. The summed E-state index contributed by atoms with van der Waals surface area (Å²) < 4.78 is 138. The van der Waals surface area contributed by atoms with Crippen molar-refractivity contribution in [1.82, 2.24) is 29.9 Å². The Morgan fingerprint density at radius 2 is 0.707 bits per heavy atom. The zero-order valence-corrected chi connectivity index (χ0v) is 49.2. The van der Waals surface area contributed by atoms with Gasteiger partial charge in [-0.3, -0.25) is 18.2 Å². The summed E-state index contributed by atoms with van der Waals surface area (Å²) in [4.78, 5) is 26.1. The zero-order chi connectivity index (χ0) is 52.4. The van der Waals surface area contributed by atoms with E-state index in [0.29, 0.717) is 0 Å². The molecule has 390 valence electrons. The number of aliphatic hydroxyl groups excluding tert-OH is 4. The van der Waals surface area contributed by atoms with Crippen molar-refractivity contribution < 1.29 is 165 Å². The van der Waals surface area contributed by atoms with Crippen LogP contribution in [0.15, 0.2) is 105 Å². The minimum absolute atomic E-state index is 0. The number of hydrogen-bond donors (Lipinski definition) is 12. The second-order valence-corrected chi connectivity index (χ2v) is 20.4. The molecule has 0 aliphatic heterocycles. The Morgan fingerprint density at radius 3 is 0.973 bits per heavy atom. The fourth-order valence-corrected chi connectivity index (χ4v) is 8.93. The average Bonchev–Trinajstić information content (AvgIpc) is 3.30. The van der Waals surface area contributed by atoms with Crippen LogP contribution in [0.3, 0.4) is 0 Å². The van der Waals surface area contributed by atoms with E-state index in [1.807, 2.05) is 0 Å². The summed E-state index contributed by atoms with van der Waals surface area (Å²) in [5.41, 5.74) is -0.244. The van der Waals surface area contributed by atoms with E-state index in [0.717, 1.165) is 48.6 Å². The Morgan fingerprint density at radius 1 is 0.413 bits per heavy atom. The third kappa shape index (κ3) is 18.8. The topological polar surface area (TPSA) is 430 Å². The van der Waals surface area contributed by atoms with Crippen molar-refractivity contribution in [2.24, 2.45) is 0 Å². The molecule has 0 radical (unpaired) electrons. The summed E-state index contributed by atoms with van der Waals surface area (Å²) in [7, 11) is -19.3. The molecular weight excluding hydrogens is 1100 g/mol. The summed E-state index contributed by atoms with van der Waals surface area (Å²) in [6.45, 7) is -1.83. The molecule has 0 atom stereocenters. The summed E-state index contributed by atoms with van der Waals surface area (Å²) in [6, 6.07) is 17.0. The molecule has 2 heterocycles. The number of rotatable bonds is 24. The number of nitrogens with one attached hydrogen (secondary N) is 4. The van der Waals surface area contributed by atoms with Crippen LogP contribution in [0.4, 0.5) is 58.4 Å². The van der Waals surface area contributed by atoms with Gasteiger partial charge in [-0.15, -0.1) is 0 Å². The summed E-state index contributed by atoms with van der Waals surface area (Å²) in [6.07, 6.45) is 2.25. The van der Waals surface area contributed by atoms with Gasteiger partial charge in [0, 0.05) is 48.9 Å². The molecule has 6 aromatic rings. The van der Waals surface area contributed by atoms with Crippen LogP contribution < -0.4 is 120 Å². The summed E-state index contributed by atoms with van der Waals surface area (Å²) in [5.74, 6) is -1.18. The number of benzene rings is 4. The molecule has 0 spiro atoms. The maximum atomic E-state index is 12.8. The first-order chi connectivity index (χ1) is 34.0. The van der Waals surface area contributed by atoms with Gasteiger partial charge >= 0.3 is 88.7 Å². The fourth-order valence-electron chi connectivity index (χ4n) is 6.45. The van der Waals surface area contributed by atoms with E-state index in [4.69, 9.17) is 0 Å². The monoisotopic (exact) mass is 1150 g/mol. The maximum Gasteiger partial charge on any atom is 1.00 e. The Bertz CT molecular complexity index is 3230. The normalized spacial score (nSPS) is 11.7. The molecule has 6 rings (SSSR count). The van der Waals surface area contributed by atoms with Crippen LogP contribution in [0.2, 0.25) is 0 Å². The van der Waals surface area contributed by atoms with Gasteiger partial charge in [0.05, 0.1) is 36.2 Å². The van der Waals surface area contributed by atoms with Gasteiger partial charge in [0.15, 0.2) is 0 Å². The van der Waals surface area contributed by atoms with Gasteiger partial charge in [0.25, 0.3) is 40.5 Å². The number of aliphatic hydroxyl groups is 4. The van der Waals surface area contributed by atoms with Gasteiger partial charge in [0.1, 0.15) is 9.79 Å². The Hall–Kier alpha value is -4.08. The summed E-state index contributed by atoms with van der Waals surface area (Å²) >= 11 is 0. The average molecular weight is 1150 g/mol. The van der Waals surface area contributed by atoms with Crippen molar-refractivity contribution >= 4 is 111 Å². The van der Waals surface area contributed by atoms with Gasteiger partial charge in [-0.25, -0.2) is 0 Å². The molecule has 12 N–H and O–H groups in total. The van der Waals surface area contributed by atoms with Crippen LogP contribution in [-0.2, 0) is 40.5 Å². The van der Waals surface area contributed by atoms with E-state index in [1.54, 1.807) is 0 Å². The minimum atomic E-state index is -5.04. The van der Waals surface area contributed by atoms with Crippen LogP contribution >= 0.6 is 0 Å². The largest absolute Gasteiger partial charge is 1.00 e. The predicted molar refractivity (Wildman–Crippen MR) is 263 cm³/mol. The zero-order valence-electron chi connectivity index (χ0n) is 42.9. The van der Waals surface area contributed by atoms with E-state index in [1.165, 1.54) is 58.3 Å².